The Morgan fingerprint density at radius 2 is 1.37 bits per heavy atom. The van der Waals surface area contributed by atoms with Crippen LogP contribution in [-0.2, 0) is 0 Å². The number of alkyl halides is 4. The molecule has 0 saturated carbocycles. The number of rotatable bonds is 1. The fourth-order valence-electron chi connectivity index (χ4n) is 2.48. The normalized spacial score (nSPS) is 35.8. The van der Waals surface area contributed by atoms with Gasteiger partial charge in [-0.1, -0.05) is 76.7 Å². The van der Waals surface area contributed by atoms with Gasteiger partial charge >= 0.3 is 0 Å². The van der Waals surface area contributed by atoms with Gasteiger partial charge in [-0.25, -0.2) is 0 Å². The zero-order valence-corrected chi connectivity index (χ0v) is 13.8. The van der Waals surface area contributed by atoms with E-state index in [1.165, 1.54) is 0 Å². The van der Waals surface area contributed by atoms with Crippen LogP contribution in [0.25, 0.3) is 5.57 Å². The third-order valence-electron chi connectivity index (χ3n) is 3.50. The Balaban J connectivity index is 2.27. The molecule has 0 spiro atoms. The van der Waals surface area contributed by atoms with Crippen LogP contribution in [-0.4, -0.2) is 14.1 Å². The zero-order chi connectivity index (χ0) is 14.1. The van der Waals surface area contributed by atoms with Gasteiger partial charge in [0.05, 0.1) is 10.1 Å². The molecule has 0 N–H and O–H groups in total. The highest BCUT2D eigenvalue weighted by molar-refractivity contribution is 6.68. The van der Waals surface area contributed by atoms with Gasteiger partial charge < -0.3 is 0 Å². The molecule has 0 fully saturated rings. The van der Waals surface area contributed by atoms with Gasteiger partial charge in [0, 0.05) is 0 Å². The van der Waals surface area contributed by atoms with Gasteiger partial charge in [-0.05, 0) is 17.2 Å². The minimum Gasteiger partial charge on any atom is -0.105 e. The molecule has 19 heavy (non-hydrogen) atoms. The lowest BCUT2D eigenvalue weighted by Crippen LogP contribution is -2.44. The Kier molecular flexibility index (Phi) is 3.20. The van der Waals surface area contributed by atoms with Crippen LogP contribution in [0.5, 0.6) is 0 Å². The second kappa shape index (κ2) is 4.22. The van der Waals surface area contributed by atoms with Crippen molar-refractivity contribution < 1.29 is 0 Å². The molecule has 1 aromatic carbocycles. The molecule has 0 heterocycles. The summed E-state index contributed by atoms with van der Waals surface area (Å²) < 4.78 is -1.54. The number of allylic oxidation sites excluding steroid dienone is 4. The number of halogens is 6. The highest BCUT2D eigenvalue weighted by Crippen LogP contribution is 2.73. The number of fused-ring (bicyclic) bond motifs is 2. The number of benzene rings is 1. The third kappa shape index (κ3) is 1.51. The van der Waals surface area contributed by atoms with Gasteiger partial charge in [0.2, 0.25) is 0 Å². The molecule has 0 unspecified atom stereocenters. The average Bonchev–Trinajstić information content (AvgIpc) is 2.62. The van der Waals surface area contributed by atoms with Crippen molar-refractivity contribution in [1.29, 1.82) is 0 Å². The van der Waals surface area contributed by atoms with Crippen LogP contribution in [0.1, 0.15) is 5.56 Å². The van der Waals surface area contributed by atoms with E-state index in [0.717, 1.165) is 5.56 Å². The lowest BCUT2D eigenvalue weighted by molar-refractivity contribution is 0.724. The van der Waals surface area contributed by atoms with E-state index >= 15 is 0 Å². The first-order valence-corrected chi connectivity index (χ1v) is 7.64. The average molecular weight is 375 g/mol. The Morgan fingerprint density at radius 1 is 0.789 bits per heavy atom. The van der Waals surface area contributed by atoms with E-state index < -0.39 is 14.1 Å². The van der Waals surface area contributed by atoms with Crippen molar-refractivity contribution in [3.05, 3.63) is 52.0 Å². The molecule has 0 nitrogen and oxygen atoms in total. The first-order chi connectivity index (χ1) is 8.77. The summed E-state index contributed by atoms with van der Waals surface area (Å²) in [6.07, 6.45) is 1.69. The largest absolute Gasteiger partial charge is 0.173 e. The monoisotopic (exact) mass is 372 g/mol. The van der Waals surface area contributed by atoms with E-state index in [1.54, 1.807) is 6.08 Å². The molecule has 0 amide bonds. The molecule has 3 rings (SSSR count). The smallest absolute Gasteiger partial charge is 0.105 e. The van der Waals surface area contributed by atoms with E-state index in [1.807, 2.05) is 30.3 Å². The molecule has 2 aliphatic rings. The summed E-state index contributed by atoms with van der Waals surface area (Å²) in [6.45, 7) is 0. The molecule has 0 saturated heterocycles. The number of hydrogen-bond donors (Lipinski definition) is 0. The number of hydrogen-bond acceptors (Lipinski definition) is 0. The van der Waals surface area contributed by atoms with Crippen molar-refractivity contribution in [2.75, 3.05) is 0 Å². The van der Waals surface area contributed by atoms with Gasteiger partial charge in [0.25, 0.3) is 0 Å². The Hall–Kier alpha value is 0.440. The standard InChI is InChI=1S/C13H6Cl6/c14-9-10(15)12(17)8(7-4-2-1-3-5-7)6-11(9,16)13(12,18)19/h1-6H/t11-,12-/m0/s1. The van der Waals surface area contributed by atoms with E-state index in [0.29, 0.717) is 5.57 Å². The minimum absolute atomic E-state index is 0.176. The van der Waals surface area contributed by atoms with Crippen molar-refractivity contribution in [2.24, 2.45) is 0 Å². The second-order valence-electron chi connectivity index (χ2n) is 4.50. The van der Waals surface area contributed by atoms with Crippen LogP contribution in [0.4, 0.5) is 0 Å². The molecule has 100 valence electrons. The molecule has 2 atom stereocenters. The molecule has 0 radical (unpaired) electrons. The Bertz CT molecular complexity index is 617. The lowest BCUT2D eigenvalue weighted by atomic mass is 9.94. The van der Waals surface area contributed by atoms with Crippen LogP contribution in [0.2, 0.25) is 0 Å². The molecular weight excluding hydrogens is 369 g/mol. The van der Waals surface area contributed by atoms with Crippen LogP contribution in [0.15, 0.2) is 46.5 Å². The first-order valence-electron chi connectivity index (χ1n) is 5.37. The van der Waals surface area contributed by atoms with Crippen LogP contribution < -0.4 is 0 Å². The predicted molar refractivity (Wildman–Crippen MR) is 84.8 cm³/mol. The molecule has 0 aromatic heterocycles. The van der Waals surface area contributed by atoms with Crippen molar-refractivity contribution in [2.45, 2.75) is 14.1 Å². The van der Waals surface area contributed by atoms with E-state index in [4.69, 9.17) is 69.6 Å². The summed E-state index contributed by atoms with van der Waals surface area (Å²) in [5.41, 5.74) is 1.53. The van der Waals surface area contributed by atoms with Crippen molar-refractivity contribution >= 4 is 75.2 Å². The van der Waals surface area contributed by atoms with Crippen LogP contribution in [0.3, 0.4) is 0 Å². The van der Waals surface area contributed by atoms with Gasteiger partial charge in [0.15, 0.2) is 4.33 Å². The molecule has 2 bridgehead atoms. The molecule has 1 aromatic rings. The summed E-state index contributed by atoms with van der Waals surface area (Å²) in [4.78, 5) is -2.64. The van der Waals surface area contributed by atoms with Crippen molar-refractivity contribution in [1.82, 2.24) is 0 Å². The maximum absolute atomic E-state index is 6.63. The summed E-state index contributed by atoms with van der Waals surface area (Å²) in [6, 6.07) is 9.44. The van der Waals surface area contributed by atoms with Crippen molar-refractivity contribution in [3.8, 4) is 0 Å². The fourth-order valence-corrected chi connectivity index (χ4v) is 4.99. The minimum atomic E-state index is -1.54. The summed E-state index contributed by atoms with van der Waals surface area (Å²) in [5, 5.41) is 0.354. The lowest BCUT2D eigenvalue weighted by Gasteiger charge is -2.33. The molecular formula is C13H6Cl6. The Labute approximate surface area is 140 Å². The molecule has 2 aliphatic carbocycles. The third-order valence-corrected chi connectivity index (χ3v) is 7.56. The van der Waals surface area contributed by atoms with Crippen LogP contribution >= 0.6 is 69.6 Å². The van der Waals surface area contributed by atoms with Crippen LogP contribution in [0, 0.1) is 0 Å². The maximum Gasteiger partial charge on any atom is 0.173 e. The van der Waals surface area contributed by atoms with E-state index in [2.05, 4.69) is 0 Å². The van der Waals surface area contributed by atoms with Crippen molar-refractivity contribution in [3.63, 3.8) is 0 Å². The van der Waals surface area contributed by atoms with Gasteiger partial charge in [-0.2, -0.15) is 0 Å². The van der Waals surface area contributed by atoms with E-state index in [9.17, 15) is 0 Å². The molecule has 0 aliphatic heterocycles. The highest BCUT2D eigenvalue weighted by atomic mass is 35.5. The first kappa shape index (κ1) is 14.4. The van der Waals surface area contributed by atoms with E-state index in [-0.39, 0.29) is 10.1 Å². The second-order valence-corrected chi connectivity index (χ2v) is 7.74. The highest BCUT2D eigenvalue weighted by Gasteiger charge is 2.75. The van der Waals surface area contributed by atoms with Gasteiger partial charge in [0.1, 0.15) is 9.75 Å². The summed E-state index contributed by atoms with van der Waals surface area (Å²) >= 11 is 38.3. The quantitative estimate of drug-likeness (QED) is 0.535. The zero-order valence-electron chi connectivity index (χ0n) is 9.23. The molecule has 6 heteroatoms. The Morgan fingerprint density at radius 3 is 1.84 bits per heavy atom. The van der Waals surface area contributed by atoms with Gasteiger partial charge in [-0.15, -0.1) is 23.2 Å². The summed E-state index contributed by atoms with van der Waals surface area (Å²) in [7, 11) is 0. The maximum atomic E-state index is 6.63. The predicted octanol–water partition coefficient (Wildman–Crippen LogP) is 5.92. The SMILES string of the molecule is ClC1=C(Cl)[C@@]2(Cl)C=C(c3ccccc3)[C@@]1(Cl)C2(Cl)Cl. The topological polar surface area (TPSA) is 0 Å². The van der Waals surface area contributed by atoms with Gasteiger partial charge in [-0.3, -0.25) is 0 Å². The summed E-state index contributed by atoms with van der Waals surface area (Å²) in [5.74, 6) is 0. The fraction of sp³-hybridized carbons (Fsp3) is 0.231.